The van der Waals surface area contributed by atoms with E-state index in [1.165, 1.54) is 10.9 Å². The molecule has 6 N–H and O–H groups in total. The van der Waals surface area contributed by atoms with Crippen LogP contribution < -0.4 is 22.1 Å². The summed E-state index contributed by atoms with van der Waals surface area (Å²) < 4.78 is 16.1. The van der Waals surface area contributed by atoms with Crippen LogP contribution in [0.25, 0.3) is 5.82 Å². The first-order valence-electron chi connectivity index (χ1n) is 9.63. The Morgan fingerprint density at radius 2 is 2.03 bits per heavy atom. The van der Waals surface area contributed by atoms with E-state index in [-0.39, 0.29) is 29.3 Å². The summed E-state index contributed by atoms with van der Waals surface area (Å²) >= 11 is 0. The Labute approximate surface area is 171 Å². The highest BCUT2D eigenvalue weighted by Gasteiger charge is 2.24. The minimum Gasteiger partial charge on any atom is -0.365 e. The van der Waals surface area contributed by atoms with Crippen LogP contribution in [0.1, 0.15) is 36.0 Å². The number of carbonyl (C=O) groups is 1. The number of aromatic nitrogens is 5. The smallest absolute Gasteiger partial charge is 0.252 e. The van der Waals surface area contributed by atoms with E-state index in [0.717, 1.165) is 31.7 Å². The maximum Gasteiger partial charge on any atom is 0.252 e. The minimum atomic E-state index is -0.796. The molecule has 0 saturated heterocycles. The van der Waals surface area contributed by atoms with Gasteiger partial charge in [0.25, 0.3) is 5.91 Å². The van der Waals surface area contributed by atoms with Crippen molar-refractivity contribution in [2.75, 3.05) is 10.6 Å². The summed E-state index contributed by atoms with van der Waals surface area (Å²) in [5.74, 6) is -0.797. The normalized spacial score (nSPS) is 18.7. The number of rotatable bonds is 6. The molecule has 1 aliphatic rings. The van der Waals surface area contributed by atoms with Crippen LogP contribution in [0.2, 0.25) is 0 Å². The standard InChI is InChI=1S/C19H22FN9O/c20-13-10-12(17(22)30)18(27-19(13)26-15-4-2-1-3-14(15)21)25-11-5-6-23-16(9-11)29-8-7-24-28-29/h5-10,14-15H,1-4,21H2,(H2,22,30)(H2,23,25,26,27). The second kappa shape index (κ2) is 8.41. The average Bonchev–Trinajstić information content (AvgIpc) is 3.27. The fourth-order valence-corrected chi connectivity index (χ4v) is 3.48. The van der Waals surface area contributed by atoms with E-state index < -0.39 is 11.7 Å². The Morgan fingerprint density at radius 1 is 1.20 bits per heavy atom. The van der Waals surface area contributed by atoms with E-state index in [1.54, 1.807) is 24.5 Å². The van der Waals surface area contributed by atoms with Crippen molar-refractivity contribution in [1.82, 2.24) is 25.0 Å². The zero-order valence-corrected chi connectivity index (χ0v) is 16.1. The summed E-state index contributed by atoms with van der Waals surface area (Å²) in [6.07, 6.45) is 8.50. The lowest BCUT2D eigenvalue weighted by atomic mass is 9.91. The molecule has 3 aromatic heterocycles. The topological polar surface area (TPSA) is 150 Å². The van der Waals surface area contributed by atoms with Gasteiger partial charge in [-0.2, -0.15) is 0 Å². The van der Waals surface area contributed by atoms with Crippen LogP contribution >= 0.6 is 0 Å². The molecule has 1 aliphatic carbocycles. The molecular weight excluding hydrogens is 389 g/mol. The van der Waals surface area contributed by atoms with Crippen LogP contribution in [0.4, 0.5) is 21.7 Å². The molecule has 1 amide bonds. The summed E-state index contributed by atoms with van der Waals surface area (Å²) in [5.41, 5.74) is 12.1. The zero-order valence-electron chi connectivity index (χ0n) is 16.1. The minimum absolute atomic E-state index is 0.0235. The Balaban J connectivity index is 1.64. The molecule has 1 saturated carbocycles. The molecular formula is C19H22FN9O. The van der Waals surface area contributed by atoms with Crippen molar-refractivity contribution in [3.8, 4) is 5.82 Å². The highest BCUT2D eigenvalue weighted by atomic mass is 19.1. The summed E-state index contributed by atoms with van der Waals surface area (Å²) in [5, 5.41) is 13.8. The summed E-state index contributed by atoms with van der Waals surface area (Å²) in [4.78, 5) is 20.4. The Hall–Kier alpha value is -3.60. The molecule has 30 heavy (non-hydrogen) atoms. The molecule has 156 valence electrons. The number of carbonyl (C=O) groups excluding carboxylic acids is 1. The number of nitrogens with zero attached hydrogens (tertiary/aromatic N) is 5. The summed E-state index contributed by atoms with van der Waals surface area (Å²) in [7, 11) is 0. The first kappa shape index (κ1) is 19.7. The number of pyridine rings is 2. The van der Waals surface area contributed by atoms with E-state index in [4.69, 9.17) is 11.5 Å². The van der Waals surface area contributed by atoms with E-state index in [0.29, 0.717) is 11.5 Å². The lowest BCUT2D eigenvalue weighted by Gasteiger charge is -2.30. The van der Waals surface area contributed by atoms with Gasteiger partial charge >= 0.3 is 0 Å². The molecule has 3 aromatic rings. The number of hydrogen-bond acceptors (Lipinski definition) is 8. The van der Waals surface area contributed by atoms with Crippen LogP contribution in [-0.4, -0.2) is 43.0 Å². The van der Waals surface area contributed by atoms with Gasteiger partial charge in [-0.3, -0.25) is 4.79 Å². The number of primary amides is 1. The van der Waals surface area contributed by atoms with Crippen molar-refractivity contribution in [2.24, 2.45) is 11.5 Å². The predicted molar refractivity (Wildman–Crippen MR) is 109 cm³/mol. The Morgan fingerprint density at radius 3 is 2.77 bits per heavy atom. The van der Waals surface area contributed by atoms with Gasteiger partial charge in [-0.05, 0) is 25.0 Å². The van der Waals surface area contributed by atoms with Crippen molar-refractivity contribution in [2.45, 2.75) is 37.8 Å². The maximum atomic E-state index is 14.6. The maximum absolute atomic E-state index is 14.6. The van der Waals surface area contributed by atoms with Crippen molar-refractivity contribution in [3.63, 3.8) is 0 Å². The number of halogens is 1. The van der Waals surface area contributed by atoms with Crippen LogP contribution in [-0.2, 0) is 0 Å². The molecule has 0 radical (unpaired) electrons. The van der Waals surface area contributed by atoms with Gasteiger partial charge in [0.15, 0.2) is 17.5 Å². The van der Waals surface area contributed by atoms with Crippen LogP contribution in [0, 0.1) is 5.82 Å². The predicted octanol–water partition coefficient (Wildman–Crippen LogP) is 1.72. The van der Waals surface area contributed by atoms with Crippen molar-refractivity contribution >= 4 is 23.2 Å². The first-order chi connectivity index (χ1) is 14.5. The van der Waals surface area contributed by atoms with Gasteiger partial charge in [0.1, 0.15) is 5.82 Å². The van der Waals surface area contributed by atoms with Gasteiger partial charge in [0, 0.05) is 30.0 Å². The number of nitrogens with two attached hydrogens (primary N) is 2. The monoisotopic (exact) mass is 411 g/mol. The van der Waals surface area contributed by atoms with Crippen molar-refractivity contribution in [1.29, 1.82) is 0 Å². The molecule has 10 nitrogen and oxygen atoms in total. The number of amides is 1. The molecule has 11 heteroatoms. The van der Waals surface area contributed by atoms with E-state index in [9.17, 15) is 9.18 Å². The number of hydrogen-bond donors (Lipinski definition) is 4. The third-order valence-corrected chi connectivity index (χ3v) is 5.05. The van der Waals surface area contributed by atoms with E-state index >= 15 is 0 Å². The van der Waals surface area contributed by atoms with Gasteiger partial charge < -0.3 is 22.1 Å². The Bertz CT molecular complexity index is 1040. The van der Waals surface area contributed by atoms with Crippen LogP contribution in [0.5, 0.6) is 0 Å². The summed E-state index contributed by atoms with van der Waals surface area (Å²) in [6, 6.07) is 4.27. The molecule has 0 bridgehead atoms. The Kier molecular flexibility index (Phi) is 5.53. The molecule has 1 fully saturated rings. The third-order valence-electron chi connectivity index (χ3n) is 5.05. The quantitative estimate of drug-likeness (QED) is 0.479. The summed E-state index contributed by atoms with van der Waals surface area (Å²) in [6.45, 7) is 0. The molecule has 3 heterocycles. The largest absolute Gasteiger partial charge is 0.365 e. The lowest BCUT2D eigenvalue weighted by molar-refractivity contribution is 0.100. The van der Waals surface area contributed by atoms with Gasteiger partial charge in [-0.1, -0.05) is 18.1 Å². The SMILES string of the molecule is NC(=O)c1cc(F)c(NC2CCCCC2N)nc1Nc1ccnc(-n2ccnn2)c1. The van der Waals surface area contributed by atoms with Gasteiger partial charge in [0.05, 0.1) is 18.0 Å². The first-order valence-corrected chi connectivity index (χ1v) is 9.63. The van der Waals surface area contributed by atoms with Gasteiger partial charge in [-0.15, -0.1) is 5.10 Å². The average molecular weight is 411 g/mol. The molecule has 0 aliphatic heterocycles. The molecule has 0 aromatic carbocycles. The molecule has 2 atom stereocenters. The molecule has 4 rings (SSSR count). The molecule has 2 unspecified atom stereocenters. The van der Waals surface area contributed by atoms with E-state index in [1.807, 2.05) is 0 Å². The van der Waals surface area contributed by atoms with Crippen LogP contribution in [0.3, 0.4) is 0 Å². The van der Waals surface area contributed by atoms with E-state index in [2.05, 4.69) is 30.9 Å². The van der Waals surface area contributed by atoms with Crippen molar-refractivity contribution < 1.29 is 9.18 Å². The highest BCUT2D eigenvalue weighted by Crippen LogP contribution is 2.27. The van der Waals surface area contributed by atoms with Gasteiger partial charge in [-0.25, -0.2) is 19.0 Å². The second-order valence-electron chi connectivity index (χ2n) is 7.15. The second-order valence-corrected chi connectivity index (χ2v) is 7.15. The highest BCUT2D eigenvalue weighted by molar-refractivity contribution is 5.98. The fraction of sp³-hybridized carbons (Fsp3) is 0.316. The molecule has 0 spiro atoms. The van der Waals surface area contributed by atoms with Crippen molar-refractivity contribution in [3.05, 3.63) is 48.2 Å². The number of anilines is 3. The van der Waals surface area contributed by atoms with Crippen LogP contribution in [0.15, 0.2) is 36.8 Å². The fourth-order valence-electron chi connectivity index (χ4n) is 3.48. The third kappa shape index (κ3) is 4.20. The lowest BCUT2D eigenvalue weighted by Crippen LogP contribution is -2.43. The van der Waals surface area contributed by atoms with Gasteiger partial charge in [0.2, 0.25) is 0 Å². The number of nitrogens with one attached hydrogen (secondary N) is 2. The zero-order chi connectivity index (χ0) is 21.1.